The SMILES string of the molecule is CCCC(NCc1ccc(SC)cc1)c1cccs1. The van der Waals surface area contributed by atoms with Gasteiger partial charge in [-0.15, -0.1) is 23.1 Å². The van der Waals surface area contributed by atoms with Crippen LogP contribution in [0.2, 0.25) is 0 Å². The Morgan fingerprint density at radius 2 is 2.00 bits per heavy atom. The molecule has 102 valence electrons. The second-order valence-corrected chi connectivity index (χ2v) is 6.44. The van der Waals surface area contributed by atoms with Crippen molar-refractivity contribution < 1.29 is 0 Å². The Morgan fingerprint density at radius 3 is 2.58 bits per heavy atom. The third-order valence-electron chi connectivity index (χ3n) is 3.18. The molecule has 1 aromatic carbocycles. The molecule has 0 radical (unpaired) electrons. The number of benzene rings is 1. The van der Waals surface area contributed by atoms with Crippen molar-refractivity contribution in [1.82, 2.24) is 5.32 Å². The lowest BCUT2D eigenvalue weighted by atomic mass is 10.1. The van der Waals surface area contributed by atoms with E-state index in [-0.39, 0.29) is 0 Å². The summed E-state index contributed by atoms with van der Waals surface area (Å²) in [5, 5.41) is 5.84. The number of thiophene rings is 1. The van der Waals surface area contributed by atoms with E-state index in [0.29, 0.717) is 6.04 Å². The molecule has 0 amide bonds. The van der Waals surface area contributed by atoms with E-state index in [1.54, 1.807) is 11.8 Å². The molecule has 19 heavy (non-hydrogen) atoms. The van der Waals surface area contributed by atoms with Crippen molar-refractivity contribution in [2.45, 2.75) is 37.2 Å². The monoisotopic (exact) mass is 291 g/mol. The Labute approximate surface area is 124 Å². The lowest BCUT2D eigenvalue weighted by Gasteiger charge is -2.17. The molecule has 2 rings (SSSR count). The van der Waals surface area contributed by atoms with Crippen molar-refractivity contribution in [3.05, 3.63) is 52.2 Å². The second kappa shape index (κ2) is 7.73. The van der Waals surface area contributed by atoms with Gasteiger partial charge in [0.05, 0.1) is 0 Å². The van der Waals surface area contributed by atoms with Gasteiger partial charge in [0.1, 0.15) is 0 Å². The Morgan fingerprint density at radius 1 is 1.21 bits per heavy atom. The van der Waals surface area contributed by atoms with Gasteiger partial charge in [-0.1, -0.05) is 31.5 Å². The maximum atomic E-state index is 3.68. The van der Waals surface area contributed by atoms with Gasteiger partial charge < -0.3 is 5.32 Å². The molecular formula is C16H21NS2. The average Bonchev–Trinajstić information content (AvgIpc) is 2.98. The molecule has 3 heteroatoms. The highest BCUT2D eigenvalue weighted by Gasteiger charge is 2.10. The quantitative estimate of drug-likeness (QED) is 0.712. The summed E-state index contributed by atoms with van der Waals surface area (Å²) in [6.45, 7) is 3.19. The molecule has 0 saturated carbocycles. The summed E-state index contributed by atoms with van der Waals surface area (Å²) in [6.07, 6.45) is 4.52. The highest BCUT2D eigenvalue weighted by Crippen LogP contribution is 2.24. The fraction of sp³-hybridized carbons (Fsp3) is 0.375. The Balaban J connectivity index is 1.94. The lowest BCUT2D eigenvalue weighted by molar-refractivity contribution is 0.500. The molecule has 2 aromatic rings. The molecule has 0 aliphatic heterocycles. The van der Waals surface area contributed by atoms with Gasteiger partial charge >= 0.3 is 0 Å². The topological polar surface area (TPSA) is 12.0 Å². The molecule has 0 saturated heterocycles. The number of rotatable bonds is 7. The maximum absolute atomic E-state index is 3.68. The third kappa shape index (κ3) is 4.37. The van der Waals surface area contributed by atoms with Gasteiger partial charge in [0.2, 0.25) is 0 Å². The van der Waals surface area contributed by atoms with Gasteiger partial charge in [0, 0.05) is 22.4 Å². The van der Waals surface area contributed by atoms with E-state index in [1.807, 2.05) is 11.3 Å². The predicted molar refractivity (Wildman–Crippen MR) is 87.0 cm³/mol. The maximum Gasteiger partial charge on any atom is 0.0417 e. The first-order valence-electron chi connectivity index (χ1n) is 6.73. The fourth-order valence-electron chi connectivity index (χ4n) is 2.11. The lowest BCUT2D eigenvalue weighted by Crippen LogP contribution is -2.19. The van der Waals surface area contributed by atoms with Crippen molar-refractivity contribution in [2.24, 2.45) is 0 Å². The summed E-state index contributed by atoms with van der Waals surface area (Å²) in [7, 11) is 0. The average molecular weight is 291 g/mol. The standard InChI is InChI=1S/C16H21NS2/c1-3-5-15(16-6-4-11-19-16)17-12-13-7-9-14(18-2)10-8-13/h4,6-11,15,17H,3,5,12H2,1-2H3. The minimum Gasteiger partial charge on any atom is -0.305 e. The largest absolute Gasteiger partial charge is 0.305 e. The minimum atomic E-state index is 0.491. The zero-order chi connectivity index (χ0) is 13.5. The van der Waals surface area contributed by atoms with Gasteiger partial charge in [-0.3, -0.25) is 0 Å². The molecule has 1 unspecified atom stereocenters. The van der Waals surface area contributed by atoms with Crippen molar-refractivity contribution in [3.63, 3.8) is 0 Å². The smallest absolute Gasteiger partial charge is 0.0417 e. The molecular weight excluding hydrogens is 270 g/mol. The number of hydrogen-bond donors (Lipinski definition) is 1. The minimum absolute atomic E-state index is 0.491. The molecule has 1 nitrogen and oxygen atoms in total. The molecule has 0 fully saturated rings. The van der Waals surface area contributed by atoms with Gasteiger partial charge in [-0.05, 0) is 41.8 Å². The van der Waals surface area contributed by atoms with E-state index < -0.39 is 0 Å². The molecule has 1 heterocycles. The molecule has 0 spiro atoms. The highest BCUT2D eigenvalue weighted by atomic mass is 32.2. The van der Waals surface area contributed by atoms with Crippen LogP contribution in [0.5, 0.6) is 0 Å². The summed E-state index contributed by atoms with van der Waals surface area (Å²) in [5.41, 5.74) is 1.36. The second-order valence-electron chi connectivity index (χ2n) is 4.59. The number of hydrogen-bond acceptors (Lipinski definition) is 3. The van der Waals surface area contributed by atoms with Gasteiger partial charge in [0.15, 0.2) is 0 Å². The van der Waals surface area contributed by atoms with E-state index in [1.165, 1.54) is 28.2 Å². The van der Waals surface area contributed by atoms with Crippen LogP contribution in [0, 0.1) is 0 Å². The van der Waals surface area contributed by atoms with Crippen LogP contribution in [0.3, 0.4) is 0 Å². The molecule has 0 aliphatic carbocycles. The Bertz CT molecular complexity index is 462. The van der Waals surface area contributed by atoms with Crippen molar-refractivity contribution in [2.75, 3.05) is 6.26 Å². The summed E-state index contributed by atoms with van der Waals surface area (Å²) >= 11 is 3.64. The Hall–Kier alpha value is -0.770. The zero-order valence-corrected chi connectivity index (χ0v) is 13.2. The summed E-state index contributed by atoms with van der Waals surface area (Å²) in [5.74, 6) is 0. The van der Waals surface area contributed by atoms with Crippen LogP contribution < -0.4 is 5.32 Å². The van der Waals surface area contributed by atoms with Crippen molar-refractivity contribution in [1.29, 1.82) is 0 Å². The first-order valence-corrected chi connectivity index (χ1v) is 8.83. The zero-order valence-electron chi connectivity index (χ0n) is 11.6. The van der Waals surface area contributed by atoms with Gasteiger partial charge in [-0.2, -0.15) is 0 Å². The predicted octanol–water partition coefficient (Wildman–Crippen LogP) is 5.10. The van der Waals surface area contributed by atoms with E-state index >= 15 is 0 Å². The van der Waals surface area contributed by atoms with Crippen LogP contribution >= 0.6 is 23.1 Å². The van der Waals surface area contributed by atoms with Crippen LogP contribution in [0.4, 0.5) is 0 Å². The van der Waals surface area contributed by atoms with Crippen LogP contribution in [0.15, 0.2) is 46.7 Å². The highest BCUT2D eigenvalue weighted by molar-refractivity contribution is 7.98. The fourth-order valence-corrected chi connectivity index (χ4v) is 3.35. The normalized spacial score (nSPS) is 12.5. The third-order valence-corrected chi connectivity index (χ3v) is 4.91. The summed E-state index contributed by atoms with van der Waals surface area (Å²) in [4.78, 5) is 2.77. The van der Waals surface area contributed by atoms with E-state index in [0.717, 1.165) is 6.54 Å². The van der Waals surface area contributed by atoms with E-state index in [4.69, 9.17) is 0 Å². The van der Waals surface area contributed by atoms with Crippen molar-refractivity contribution in [3.8, 4) is 0 Å². The van der Waals surface area contributed by atoms with Crippen molar-refractivity contribution >= 4 is 23.1 Å². The molecule has 0 aliphatic rings. The van der Waals surface area contributed by atoms with Crippen LogP contribution in [0.1, 0.15) is 36.2 Å². The molecule has 1 atom stereocenters. The van der Waals surface area contributed by atoms with Crippen LogP contribution in [-0.2, 0) is 6.54 Å². The number of thioether (sulfide) groups is 1. The summed E-state index contributed by atoms with van der Waals surface area (Å²) in [6, 6.07) is 13.7. The summed E-state index contributed by atoms with van der Waals surface area (Å²) < 4.78 is 0. The molecule has 1 aromatic heterocycles. The van der Waals surface area contributed by atoms with Crippen LogP contribution in [-0.4, -0.2) is 6.26 Å². The van der Waals surface area contributed by atoms with Crippen LogP contribution in [0.25, 0.3) is 0 Å². The molecule has 0 bridgehead atoms. The molecule has 1 N–H and O–H groups in total. The number of nitrogens with one attached hydrogen (secondary N) is 1. The first kappa shape index (κ1) is 14.6. The van der Waals surface area contributed by atoms with Gasteiger partial charge in [0.25, 0.3) is 0 Å². The Kier molecular flexibility index (Phi) is 5.95. The van der Waals surface area contributed by atoms with E-state index in [9.17, 15) is 0 Å². The van der Waals surface area contributed by atoms with E-state index in [2.05, 4.69) is 60.3 Å². The first-order chi connectivity index (χ1) is 9.33. The van der Waals surface area contributed by atoms with Gasteiger partial charge in [-0.25, -0.2) is 0 Å².